The minimum Gasteiger partial charge on any atom is -0.481 e. The summed E-state index contributed by atoms with van der Waals surface area (Å²) in [6, 6.07) is 7.65. The fourth-order valence-corrected chi connectivity index (χ4v) is 8.55. The molecule has 0 spiro atoms. The van der Waals surface area contributed by atoms with Crippen LogP contribution in [-0.2, 0) is 64.0 Å². The highest BCUT2D eigenvalue weighted by atomic mass is 32.2. The SMILES string of the molecule is CSCC[C@H](NC(=O)[C@@H]1CCCN1C(=O)[C@H](Cc1cnc[nH]1)NC(=O)[C@H](Cc1c[nH]c2ccccc12)NC(=O)[C@@H](N)Cc1ccccc1)C(=O)N[C@@H](Cc1cnc[nH]1)C(=O)N[C@@H](CC(=O)O)C(=O)O. The third kappa shape index (κ3) is 14.2. The number of carboxylic acid groups (broad SMARTS) is 2. The van der Waals surface area contributed by atoms with Gasteiger partial charge >= 0.3 is 11.9 Å². The largest absolute Gasteiger partial charge is 0.481 e. The van der Waals surface area contributed by atoms with Crippen molar-refractivity contribution in [3.63, 3.8) is 0 Å². The quantitative estimate of drug-likeness (QED) is 0.0365. The van der Waals surface area contributed by atoms with Gasteiger partial charge in [-0.15, -0.1) is 0 Å². The summed E-state index contributed by atoms with van der Waals surface area (Å²) in [5, 5.41) is 32.8. The number of para-hydroxylation sites is 1. The first-order chi connectivity index (χ1) is 33.2. The highest BCUT2D eigenvalue weighted by Gasteiger charge is 2.40. The monoisotopic (exact) mass is 968 g/mol. The smallest absolute Gasteiger partial charge is 0.326 e. The van der Waals surface area contributed by atoms with Crippen LogP contribution in [0.15, 0.2) is 85.8 Å². The van der Waals surface area contributed by atoms with Gasteiger partial charge in [-0.05, 0) is 54.9 Å². The Morgan fingerprint density at radius 2 is 1.32 bits per heavy atom. The average Bonchev–Trinajstić information content (AvgIpc) is 4.19. The number of aliphatic carboxylic acids is 2. The maximum atomic E-state index is 14.7. The number of imidazole rings is 2. The maximum Gasteiger partial charge on any atom is 0.326 e. The van der Waals surface area contributed by atoms with Crippen molar-refractivity contribution in [3.8, 4) is 0 Å². The molecule has 5 aromatic rings. The summed E-state index contributed by atoms with van der Waals surface area (Å²) < 4.78 is 0. The average molecular weight is 969 g/mol. The maximum absolute atomic E-state index is 14.7. The third-order valence-corrected chi connectivity index (χ3v) is 12.3. The number of carbonyl (C=O) groups is 8. The van der Waals surface area contributed by atoms with E-state index in [0.717, 1.165) is 22.0 Å². The zero-order valence-electron chi connectivity index (χ0n) is 37.7. The number of nitrogens with two attached hydrogens (primary N) is 1. The van der Waals surface area contributed by atoms with Gasteiger partial charge in [0.15, 0.2) is 0 Å². The number of thioether (sulfide) groups is 1. The molecule has 1 aliphatic heterocycles. The van der Waals surface area contributed by atoms with Crippen molar-refractivity contribution in [1.82, 2.24) is 56.4 Å². The first kappa shape index (κ1) is 50.9. The number of hydrogen-bond donors (Lipinski definition) is 11. The van der Waals surface area contributed by atoms with Crippen LogP contribution in [0.5, 0.6) is 0 Å². The Bertz CT molecular complexity index is 2560. The molecular weight excluding hydrogens is 913 g/mol. The van der Waals surface area contributed by atoms with Gasteiger partial charge in [-0.25, -0.2) is 14.8 Å². The summed E-state index contributed by atoms with van der Waals surface area (Å²) in [6.45, 7) is 0.130. The summed E-state index contributed by atoms with van der Waals surface area (Å²) in [5.41, 5.74) is 9.63. The van der Waals surface area contributed by atoms with Crippen molar-refractivity contribution < 1.29 is 48.6 Å². The van der Waals surface area contributed by atoms with Gasteiger partial charge in [0.1, 0.15) is 36.3 Å². The van der Waals surface area contributed by atoms with Crippen LogP contribution in [0.25, 0.3) is 10.9 Å². The topological polar surface area (TPSA) is 340 Å². The second kappa shape index (κ2) is 24.5. The Labute approximate surface area is 400 Å². The normalized spacial score (nSPS) is 16.0. The van der Waals surface area contributed by atoms with Crippen molar-refractivity contribution in [2.75, 3.05) is 18.6 Å². The molecular formula is C46H56N12O10S. The van der Waals surface area contributed by atoms with E-state index in [2.05, 4.69) is 51.5 Å². The molecule has 0 saturated carbocycles. The standard InChI is InChI=1S/C46H56N12O10S/c1-69-15-13-33(41(62)55-35(18-28-22-48-24-51-28)43(64)57-37(46(67)68)20-39(59)60)53-44(65)38-12-7-14-58(38)45(66)36(19-29-23-49-25-52-29)56-42(63)34(17-27-21-50-32-11-6-5-10-30(27)32)54-40(61)31(47)16-26-8-3-2-4-9-26/h2-6,8-11,21-25,31,33-38,50H,7,12-20,47H2,1H3,(H,48,51)(H,49,52)(H,53,65)(H,54,61)(H,55,62)(H,56,63)(H,57,64)(H,59,60)(H,67,68)/t31-,33-,34-,35-,36-,37-,38-/m0/s1. The summed E-state index contributed by atoms with van der Waals surface area (Å²) in [5.74, 6) is -7.01. The number of aromatic nitrogens is 5. The summed E-state index contributed by atoms with van der Waals surface area (Å²) in [7, 11) is 0. The summed E-state index contributed by atoms with van der Waals surface area (Å²) >= 11 is 1.39. The highest BCUT2D eigenvalue weighted by molar-refractivity contribution is 7.98. The van der Waals surface area contributed by atoms with Crippen LogP contribution in [0.3, 0.4) is 0 Å². The second-order valence-corrected chi connectivity index (χ2v) is 17.6. The first-order valence-electron chi connectivity index (χ1n) is 22.3. The van der Waals surface area contributed by atoms with E-state index < -0.39 is 96.1 Å². The molecule has 0 aliphatic carbocycles. The predicted molar refractivity (Wildman–Crippen MR) is 252 cm³/mol. The number of carboxylic acids is 2. The van der Waals surface area contributed by atoms with E-state index in [-0.39, 0.29) is 45.1 Å². The van der Waals surface area contributed by atoms with E-state index >= 15 is 0 Å². The fraction of sp³-hybridized carbons (Fsp3) is 0.391. The molecule has 1 fully saturated rings. The Morgan fingerprint density at radius 3 is 1.96 bits per heavy atom. The van der Waals surface area contributed by atoms with Gasteiger partial charge in [0.05, 0.1) is 25.1 Å². The number of benzene rings is 2. The molecule has 366 valence electrons. The number of nitrogens with zero attached hydrogens (tertiary/aromatic N) is 3. The molecule has 0 radical (unpaired) electrons. The molecule has 3 aromatic heterocycles. The van der Waals surface area contributed by atoms with Crippen molar-refractivity contribution in [3.05, 3.63) is 108 Å². The molecule has 22 nitrogen and oxygen atoms in total. The highest BCUT2D eigenvalue weighted by Crippen LogP contribution is 2.22. The fourth-order valence-electron chi connectivity index (χ4n) is 8.08. The number of hydrogen-bond acceptors (Lipinski definition) is 12. The van der Waals surface area contributed by atoms with Crippen LogP contribution < -0.4 is 32.3 Å². The van der Waals surface area contributed by atoms with E-state index in [1.807, 2.05) is 54.6 Å². The van der Waals surface area contributed by atoms with Crippen molar-refractivity contribution in [1.29, 1.82) is 0 Å². The van der Waals surface area contributed by atoms with Gasteiger partial charge < -0.3 is 62.4 Å². The third-order valence-electron chi connectivity index (χ3n) is 11.6. The predicted octanol–water partition coefficient (Wildman–Crippen LogP) is -0.0606. The number of amides is 6. The van der Waals surface area contributed by atoms with Gasteiger partial charge in [-0.2, -0.15) is 11.8 Å². The van der Waals surface area contributed by atoms with Gasteiger partial charge in [0.25, 0.3) is 0 Å². The molecule has 6 rings (SSSR count). The Balaban J connectivity index is 1.20. The number of H-pyrrole nitrogens is 3. The van der Waals surface area contributed by atoms with E-state index in [0.29, 0.717) is 23.6 Å². The molecule has 4 heterocycles. The van der Waals surface area contributed by atoms with E-state index in [1.54, 1.807) is 12.5 Å². The van der Waals surface area contributed by atoms with Crippen molar-refractivity contribution >= 4 is 70.0 Å². The lowest BCUT2D eigenvalue weighted by atomic mass is 10.0. The molecule has 0 bridgehead atoms. The van der Waals surface area contributed by atoms with Crippen LogP contribution in [0, 0.1) is 0 Å². The molecule has 1 aliphatic rings. The lowest BCUT2D eigenvalue weighted by molar-refractivity contribution is -0.147. The van der Waals surface area contributed by atoms with Gasteiger partial charge in [-0.1, -0.05) is 48.5 Å². The zero-order valence-corrected chi connectivity index (χ0v) is 38.5. The van der Waals surface area contributed by atoms with Crippen molar-refractivity contribution in [2.45, 2.75) is 93.7 Å². The summed E-state index contributed by atoms with van der Waals surface area (Å²) in [6.07, 6.45) is 8.95. The Morgan fingerprint density at radius 1 is 0.725 bits per heavy atom. The molecule has 2 aromatic carbocycles. The molecule has 12 N–H and O–H groups in total. The van der Waals surface area contributed by atoms with Gasteiger partial charge in [0, 0.05) is 66.7 Å². The minimum absolute atomic E-state index is 0.0335. The molecule has 23 heteroatoms. The van der Waals surface area contributed by atoms with Crippen LogP contribution in [-0.4, -0.2) is 148 Å². The minimum atomic E-state index is -1.80. The zero-order chi connectivity index (χ0) is 49.5. The molecule has 6 amide bonds. The number of carbonyl (C=O) groups excluding carboxylic acids is 6. The van der Waals surface area contributed by atoms with E-state index in [1.165, 1.54) is 41.7 Å². The number of rotatable bonds is 25. The van der Waals surface area contributed by atoms with Gasteiger partial charge in [-0.3, -0.25) is 33.6 Å². The van der Waals surface area contributed by atoms with E-state index in [4.69, 9.17) is 5.73 Å². The second-order valence-electron chi connectivity index (χ2n) is 16.6. The van der Waals surface area contributed by atoms with Crippen LogP contribution in [0.1, 0.15) is 48.2 Å². The van der Waals surface area contributed by atoms with Crippen LogP contribution >= 0.6 is 11.8 Å². The molecule has 0 unspecified atom stereocenters. The number of nitrogens with one attached hydrogen (secondary N) is 8. The Hall–Kier alpha value is -7.53. The number of likely N-dealkylation sites (tertiary alicyclic amines) is 1. The Kier molecular flexibility index (Phi) is 18.0. The lowest BCUT2D eigenvalue weighted by Crippen LogP contribution is -2.60. The number of fused-ring (bicyclic) bond motifs is 1. The molecule has 7 atom stereocenters. The van der Waals surface area contributed by atoms with Crippen LogP contribution in [0.4, 0.5) is 0 Å². The van der Waals surface area contributed by atoms with Crippen LogP contribution in [0.2, 0.25) is 0 Å². The van der Waals surface area contributed by atoms with E-state index in [9.17, 15) is 48.6 Å². The molecule has 1 saturated heterocycles. The molecule has 69 heavy (non-hydrogen) atoms. The van der Waals surface area contributed by atoms with Crippen molar-refractivity contribution in [2.24, 2.45) is 5.73 Å². The van der Waals surface area contributed by atoms with Gasteiger partial charge in [0.2, 0.25) is 35.4 Å². The number of aromatic amines is 3. The summed E-state index contributed by atoms with van der Waals surface area (Å²) in [4.78, 5) is 126. The first-order valence-corrected chi connectivity index (χ1v) is 23.6. The lowest BCUT2D eigenvalue weighted by Gasteiger charge is -2.31.